The van der Waals surface area contributed by atoms with Crippen molar-refractivity contribution in [2.45, 2.75) is 51.7 Å². The molecule has 0 radical (unpaired) electrons. The first kappa shape index (κ1) is 16.2. The Balaban J connectivity index is 2.08. The molecule has 20 heavy (non-hydrogen) atoms. The lowest BCUT2D eigenvalue weighted by atomic mass is 9.90. The normalized spacial score (nSPS) is 32.3. The molecule has 0 N–H and O–H groups in total. The lowest BCUT2D eigenvalue weighted by molar-refractivity contribution is -0.129. The van der Waals surface area contributed by atoms with Crippen molar-refractivity contribution in [3.8, 4) is 0 Å². The van der Waals surface area contributed by atoms with E-state index in [-0.39, 0.29) is 17.5 Å². The van der Waals surface area contributed by atoms with Crippen LogP contribution >= 0.6 is 0 Å². The van der Waals surface area contributed by atoms with Crippen LogP contribution in [-0.2, 0) is 19.5 Å². The van der Waals surface area contributed by atoms with Crippen molar-refractivity contribution >= 4 is 10.0 Å². The average Bonchev–Trinajstić information content (AvgIpc) is 2.78. The van der Waals surface area contributed by atoms with E-state index in [0.29, 0.717) is 32.2 Å². The number of morpholine rings is 1. The summed E-state index contributed by atoms with van der Waals surface area (Å²) >= 11 is 0. The minimum Gasteiger partial charge on any atom is -0.378 e. The van der Waals surface area contributed by atoms with E-state index in [1.54, 1.807) is 11.2 Å². The van der Waals surface area contributed by atoms with Crippen molar-refractivity contribution < 1.29 is 17.9 Å². The van der Waals surface area contributed by atoms with Gasteiger partial charge in [0.15, 0.2) is 0 Å². The van der Waals surface area contributed by atoms with Crippen LogP contribution in [0.1, 0.15) is 40.0 Å². The summed E-state index contributed by atoms with van der Waals surface area (Å²) in [6.07, 6.45) is 3.29. The maximum Gasteiger partial charge on any atom is 0.214 e. The minimum atomic E-state index is -3.13. The first-order valence-corrected chi connectivity index (χ1v) is 9.24. The zero-order chi connectivity index (χ0) is 14.8. The summed E-state index contributed by atoms with van der Waals surface area (Å²) < 4.78 is 37.6. The van der Waals surface area contributed by atoms with Crippen LogP contribution in [0.5, 0.6) is 0 Å². The molecule has 0 aromatic rings. The van der Waals surface area contributed by atoms with Gasteiger partial charge in [-0.2, -0.15) is 4.31 Å². The second-order valence-corrected chi connectivity index (χ2v) is 8.38. The molecule has 0 bridgehead atoms. The predicted octanol–water partition coefficient (Wildman–Crippen LogP) is 1.63. The fraction of sp³-hybridized carbons (Fsp3) is 1.00. The van der Waals surface area contributed by atoms with Crippen LogP contribution in [0.2, 0.25) is 0 Å². The maximum atomic E-state index is 12.1. The van der Waals surface area contributed by atoms with E-state index >= 15 is 0 Å². The van der Waals surface area contributed by atoms with Crippen LogP contribution in [0, 0.1) is 5.92 Å². The molecule has 2 atom stereocenters. The molecule has 0 aromatic heterocycles. The second kappa shape index (κ2) is 6.30. The third kappa shape index (κ3) is 3.35. The van der Waals surface area contributed by atoms with E-state index in [2.05, 4.69) is 0 Å². The van der Waals surface area contributed by atoms with Crippen LogP contribution in [0.15, 0.2) is 0 Å². The first-order valence-electron chi connectivity index (χ1n) is 7.63. The van der Waals surface area contributed by atoms with E-state index < -0.39 is 10.0 Å². The van der Waals surface area contributed by atoms with Crippen LogP contribution in [0.4, 0.5) is 0 Å². The Morgan fingerprint density at radius 1 is 1.45 bits per heavy atom. The highest BCUT2D eigenvalue weighted by Crippen LogP contribution is 2.41. The van der Waals surface area contributed by atoms with Gasteiger partial charge in [-0.05, 0) is 33.6 Å². The van der Waals surface area contributed by atoms with Crippen LogP contribution in [0.25, 0.3) is 0 Å². The van der Waals surface area contributed by atoms with Crippen molar-refractivity contribution in [2.75, 3.05) is 32.1 Å². The van der Waals surface area contributed by atoms with Crippen LogP contribution < -0.4 is 0 Å². The van der Waals surface area contributed by atoms with Gasteiger partial charge in [0, 0.05) is 19.0 Å². The quantitative estimate of drug-likeness (QED) is 0.775. The van der Waals surface area contributed by atoms with Gasteiger partial charge in [0.05, 0.1) is 30.7 Å². The third-order valence-electron chi connectivity index (χ3n) is 4.46. The standard InChI is InChI=1S/C14H27NO4S/c1-4-20(16,17)15-8-9-19-14(11-15)7-5-6-13(14)10-18-12(2)3/h12-13H,4-11H2,1-3H3/t13-,14+/m0/s1. The number of sulfonamides is 1. The van der Waals surface area contributed by atoms with Gasteiger partial charge in [-0.15, -0.1) is 0 Å². The van der Waals surface area contributed by atoms with E-state index in [1.165, 1.54) is 0 Å². The Labute approximate surface area is 122 Å². The summed E-state index contributed by atoms with van der Waals surface area (Å²) in [5, 5.41) is 0. The van der Waals surface area contributed by atoms with Crippen molar-refractivity contribution in [3.63, 3.8) is 0 Å². The molecule has 1 heterocycles. The molecule has 1 aliphatic heterocycles. The van der Waals surface area contributed by atoms with Gasteiger partial charge in [-0.3, -0.25) is 0 Å². The summed E-state index contributed by atoms with van der Waals surface area (Å²) in [6, 6.07) is 0. The predicted molar refractivity (Wildman–Crippen MR) is 78.1 cm³/mol. The molecule has 0 amide bonds. The van der Waals surface area contributed by atoms with Gasteiger partial charge >= 0.3 is 0 Å². The fourth-order valence-electron chi connectivity index (χ4n) is 3.25. The Kier molecular flexibility index (Phi) is 5.10. The largest absolute Gasteiger partial charge is 0.378 e. The molecule has 0 aromatic carbocycles. The molecular weight excluding hydrogens is 278 g/mol. The van der Waals surface area contributed by atoms with Crippen molar-refractivity contribution in [1.29, 1.82) is 0 Å². The highest BCUT2D eigenvalue weighted by atomic mass is 32.2. The van der Waals surface area contributed by atoms with Gasteiger partial charge < -0.3 is 9.47 Å². The minimum absolute atomic E-state index is 0.163. The molecule has 2 aliphatic rings. The Morgan fingerprint density at radius 2 is 2.20 bits per heavy atom. The topological polar surface area (TPSA) is 55.8 Å². The Morgan fingerprint density at radius 3 is 2.85 bits per heavy atom. The summed E-state index contributed by atoms with van der Waals surface area (Å²) in [5.41, 5.74) is -0.324. The highest BCUT2D eigenvalue weighted by molar-refractivity contribution is 7.89. The molecule has 5 nitrogen and oxygen atoms in total. The fourth-order valence-corrected chi connectivity index (χ4v) is 4.38. The zero-order valence-corrected chi connectivity index (χ0v) is 13.6. The SMILES string of the molecule is CCS(=O)(=O)N1CCO[C@]2(CCC[C@H]2COC(C)C)C1. The van der Waals surface area contributed by atoms with Gasteiger partial charge in [0.1, 0.15) is 0 Å². The van der Waals surface area contributed by atoms with E-state index in [0.717, 1.165) is 19.3 Å². The van der Waals surface area contributed by atoms with Crippen LogP contribution in [-0.4, -0.2) is 56.5 Å². The molecule has 0 unspecified atom stereocenters. The molecule has 1 aliphatic carbocycles. The maximum absolute atomic E-state index is 12.1. The number of nitrogens with zero attached hydrogens (tertiary/aromatic N) is 1. The highest BCUT2D eigenvalue weighted by Gasteiger charge is 2.48. The number of hydrogen-bond donors (Lipinski definition) is 0. The van der Waals surface area contributed by atoms with Gasteiger partial charge in [-0.1, -0.05) is 6.42 Å². The Hall–Kier alpha value is -0.170. The average molecular weight is 305 g/mol. The smallest absolute Gasteiger partial charge is 0.214 e. The molecule has 1 saturated heterocycles. The van der Waals surface area contributed by atoms with Gasteiger partial charge in [-0.25, -0.2) is 8.42 Å². The molecular formula is C14H27NO4S. The van der Waals surface area contributed by atoms with Gasteiger partial charge in [0.2, 0.25) is 10.0 Å². The monoisotopic (exact) mass is 305 g/mol. The molecule has 1 saturated carbocycles. The lowest BCUT2D eigenvalue weighted by Gasteiger charge is -2.43. The first-order chi connectivity index (χ1) is 9.39. The van der Waals surface area contributed by atoms with Crippen LogP contribution in [0.3, 0.4) is 0 Å². The lowest BCUT2D eigenvalue weighted by Crippen LogP contribution is -2.56. The van der Waals surface area contributed by atoms with Crippen molar-refractivity contribution in [3.05, 3.63) is 0 Å². The molecule has 2 rings (SSSR count). The Bertz CT molecular complexity index is 423. The summed E-state index contributed by atoms with van der Waals surface area (Å²) in [5.74, 6) is 0.468. The van der Waals surface area contributed by atoms with E-state index in [1.807, 2.05) is 13.8 Å². The summed E-state index contributed by atoms with van der Waals surface area (Å²) in [6.45, 7) is 7.89. The van der Waals surface area contributed by atoms with Crippen molar-refractivity contribution in [1.82, 2.24) is 4.31 Å². The molecule has 6 heteroatoms. The second-order valence-electron chi connectivity index (χ2n) is 6.12. The number of rotatable bonds is 5. The number of ether oxygens (including phenoxy) is 2. The summed E-state index contributed by atoms with van der Waals surface area (Å²) in [7, 11) is -3.13. The van der Waals surface area contributed by atoms with Gasteiger partial charge in [0.25, 0.3) is 0 Å². The van der Waals surface area contributed by atoms with E-state index in [4.69, 9.17) is 9.47 Å². The molecule has 118 valence electrons. The molecule has 1 spiro atoms. The van der Waals surface area contributed by atoms with Crippen molar-refractivity contribution in [2.24, 2.45) is 5.92 Å². The zero-order valence-electron chi connectivity index (χ0n) is 12.8. The summed E-state index contributed by atoms with van der Waals surface area (Å²) in [4.78, 5) is 0. The number of hydrogen-bond acceptors (Lipinski definition) is 4. The molecule has 2 fully saturated rings. The third-order valence-corrected chi connectivity index (χ3v) is 6.29. The van der Waals surface area contributed by atoms with E-state index in [9.17, 15) is 8.42 Å².